The van der Waals surface area contributed by atoms with Crippen LogP contribution < -0.4 is 0 Å². The van der Waals surface area contributed by atoms with Crippen LogP contribution in [0.2, 0.25) is 0 Å². The fraction of sp³-hybridized carbons (Fsp3) is 0.917. The highest BCUT2D eigenvalue weighted by molar-refractivity contribution is 7.91. The summed E-state index contributed by atoms with van der Waals surface area (Å²) in [4.78, 5) is 12.9. The molecular weight excluding hydrogens is 254 g/mol. The summed E-state index contributed by atoms with van der Waals surface area (Å²) >= 11 is 0. The van der Waals surface area contributed by atoms with E-state index in [1.54, 1.807) is 0 Å². The van der Waals surface area contributed by atoms with Gasteiger partial charge in [-0.3, -0.25) is 9.69 Å². The molecular formula is C12H23NO4S. The van der Waals surface area contributed by atoms with Gasteiger partial charge in [0.1, 0.15) is 0 Å². The van der Waals surface area contributed by atoms with E-state index >= 15 is 0 Å². The molecule has 2 unspecified atom stereocenters. The van der Waals surface area contributed by atoms with Gasteiger partial charge in [0.2, 0.25) is 0 Å². The van der Waals surface area contributed by atoms with Gasteiger partial charge in [-0.1, -0.05) is 20.3 Å². The molecule has 18 heavy (non-hydrogen) atoms. The molecule has 1 heterocycles. The van der Waals surface area contributed by atoms with Gasteiger partial charge in [-0.2, -0.15) is 0 Å². The van der Waals surface area contributed by atoms with Crippen LogP contribution in [-0.2, 0) is 14.6 Å². The molecule has 0 saturated carbocycles. The molecule has 0 aliphatic carbocycles. The van der Waals surface area contributed by atoms with Crippen molar-refractivity contribution < 1.29 is 18.3 Å². The lowest BCUT2D eigenvalue weighted by Gasteiger charge is -2.36. The third kappa shape index (κ3) is 4.94. The molecule has 1 N–H and O–H groups in total. The first-order valence-corrected chi connectivity index (χ1v) is 8.32. The molecule has 0 spiro atoms. The molecule has 1 fully saturated rings. The first-order valence-electron chi connectivity index (χ1n) is 6.50. The summed E-state index contributed by atoms with van der Waals surface area (Å²) in [6.45, 7) is 5.51. The first kappa shape index (κ1) is 15.4. The summed E-state index contributed by atoms with van der Waals surface area (Å²) in [6, 6.07) is -0.361. The van der Waals surface area contributed by atoms with E-state index < -0.39 is 15.8 Å². The molecule has 2 atom stereocenters. The Morgan fingerprint density at radius 1 is 1.50 bits per heavy atom. The molecule has 0 aromatic heterocycles. The van der Waals surface area contributed by atoms with E-state index in [-0.39, 0.29) is 24.0 Å². The van der Waals surface area contributed by atoms with Gasteiger partial charge < -0.3 is 5.11 Å². The second-order valence-corrected chi connectivity index (χ2v) is 7.48. The van der Waals surface area contributed by atoms with E-state index in [1.807, 2.05) is 4.90 Å². The summed E-state index contributed by atoms with van der Waals surface area (Å²) in [6.07, 6.45) is 2.10. The van der Waals surface area contributed by atoms with Gasteiger partial charge >= 0.3 is 5.97 Å². The summed E-state index contributed by atoms with van der Waals surface area (Å²) in [5.41, 5.74) is 0. The molecule has 0 bridgehead atoms. The zero-order valence-electron chi connectivity index (χ0n) is 11.1. The number of carboxylic acid groups (broad SMARTS) is 1. The highest BCUT2D eigenvalue weighted by Crippen LogP contribution is 2.18. The van der Waals surface area contributed by atoms with E-state index in [2.05, 4.69) is 13.8 Å². The quantitative estimate of drug-likeness (QED) is 0.784. The van der Waals surface area contributed by atoms with E-state index in [0.29, 0.717) is 12.5 Å². The molecule has 1 saturated heterocycles. The van der Waals surface area contributed by atoms with E-state index in [9.17, 15) is 13.2 Å². The molecule has 1 aliphatic rings. The molecule has 1 aliphatic heterocycles. The molecule has 1 rings (SSSR count). The maximum absolute atomic E-state index is 11.6. The minimum atomic E-state index is -3.06. The van der Waals surface area contributed by atoms with Gasteiger partial charge in [0.25, 0.3) is 0 Å². The fourth-order valence-corrected chi connectivity index (χ4v) is 4.13. The van der Waals surface area contributed by atoms with Gasteiger partial charge in [0.05, 0.1) is 17.9 Å². The Bertz CT molecular complexity index is 380. The van der Waals surface area contributed by atoms with Gasteiger partial charge in [0, 0.05) is 19.1 Å². The molecule has 106 valence electrons. The van der Waals surface area contributed by atoms with Crippen molar-refractivity contribution in [2.24, 2.45) is 5.92 Å². The number of rotatable bonds is 6. The third-order valence-corrected chi connectivity index (χ3v) is 5.09. The van der Waals surface area contributed by atoms with E-state index in [1.165, 1.54) is 0 Å². The third-order valence-electron chi connectivity index (χ3n) is 3.39. The smallest absolute Gasteiger partial charge is 0.304 e. The highest BCUT2D eigenvalue weighted by Gasteiger charge is 2.32. The largest absolute Gasteiger partial charge is 0.481 e. The zero-order chi connectivity index (χ0) is 13.8. The SMILES string of the molecule is CCCC(C)CN1CCS(=O)(=O)CC1CC(=O)O. The lowest BCUT2D eigenvalue weighted by atomic mass is 10.0. The monoisotopic (exact) mass is 277 g/mol. The van der Waals surface area contributed by atoms with Crippen LogP contribution in [0, 0.1) is 5.92 Å². The predicted octanol–water partition coefficient (Wildman–Crippen LogP) is 0.996. The minimum Gasteiger partial charge on any atom is -0.481 e. The molecule has 5 nitrogen and oxygen atoms in total. The van der Waals surface area contributed by atoms with Crippen molar-refractivity contribution in [2.45, 2.75) is 39.2 Å². The normalized spacial score (nSPS) is 25.8. The summed E-state index contributed by atoms with van der Waals surface area (Å²) in [7, 11) is -3.06. The van der Waals surface area contributed by atoms with Crippen molar-refractivity contribution in [1.29, 1.82) is 0 Å². The van der Waals surface area contributed by atoms with Crippen LogP contribution in [0.4, 0.5) is 0 Å². The van der Waals surface area contributed by atoms with Gasteiger partial charge in [-0.05, 0) is 12.3 Å². The summed E-state index contributed by atoms with van der Waals surface area (Å²) < 4.78 is 23.2. The van der Waals surface area contributed by atoms with E-state index in [4.69, 9.17) is 5.11 Å². The number of hydrogen-bond acceptors (Lipinski definition) is 4. The maximum atomic E-state index is 11.6. The van der Waals surface area contributed by atoms with Crippen molar-refractivity contribution in [3.8, 4) is 0 Å². The van der Waals surface area contributed by atoms with Crippen molar-refractivity contribution in [3.05, 3.63) is 0 Å². The predicted molar refractivity (Wildman–Crippen MR) is 70.3 cm³/mol. The van der Waals surface area contributed by atoms with Crippen molar-refractivity contribution in [1.82, 2.24) is 4.90 Å². The number of aliphatic carboxylic acids is 1. The number of carbonyl (C=O) groups is 1. The Kier molecular flexibility index (Phi) is 5.59. The molecule has 0 amide bonds. The topological polar surface area (TPSA) is 74.7 Å². The van der Waals surface area contributed by atoms with Crippen LogP contribution in [0.1, 0.15) is 33.1 Å². The van der Waals surface area contributed by atoms with E-state index in [0.717, 1.165) is 19.4 Å². The number of nitrogens with zero attached hydrogens (tertiary/aromatic N) is 1. The van der Waals surface area contributed by atoms with Crippen molar-refractivity contribution in [3.63, 3.8) is 0 Å². The number of sulfone groups is 1. The Morgan fingerprint density at radius 3 is 2.72 bits per heavy atom. The molecule has 0 aromatic carbocycles. The van der Waals surface area contributed by atoms with Crippen molar-refractivity contribution in [2.75, 3.05) is 24.6 Å². The maximum Gasteiger partial charge on any atom is 0.304 e. The van der Waals surface area contributed by atoms with Crippen LogP contribution in [0.25, 0.3) is 0 Å². The number of carboxylic acids is 1. The fourth-order valence-electron chi connectivity index (χ4n) is 2.54. The number of hydrogen-bond donors (Lipinski definition) is 1. The standard InChI is InChI=1S/C12H23NO4S/c1-3-4-10(2)8-13-5-6-18(16,17)9-11(13)7-12(14)15/h10-11H,3-9H2,1-2H3,(H,14,15). The zero-order valence-corrected chi connectivity index (χ0v) is 11.9. The molecule has 0 aromatic rings. The molecule has 6 heteroatoms. The lowest BCUT2D eigenvalue weighted by molar-refractivity contribution is -0.138. The summed E-state index contributed by atoms with van der Waals surface area (Å²) in [5, 5.41) is 8.87. The van der Waals surface area contributed by atoms with Crippen LogP contribution in [0.5, 0.6) is 0 Å². The Balaban J connectivity index is 2.66. The summed E-state index contributed by atoms with van der Waals surface area (Å²) in [5.74, 6) is -0.308. The molecule has 0 radical (unpaired) electrons. The Morgan fingerprint density at radius 2 is 2.17 bits per heavy atom. The van der Waals surface area contributed by atoms with Crippen LogP contribution in [0.15, 0.2) is 0 Å². The van der Waals surface area contributed by atoms with Gasteiger partial charge in [0.15, 0.2) is 9.84 Å². The van der Waals surface area contributed by atoms with Gasteiger partial charge in [-0.25, -0.2) is 8.42 Å². The first-order chi connectivity index (χ1) is 8.34. The van der Waals surface area contributed by atoms with Gasteiger partial charge in [-0.15, -0.1) is 0 Å². The second kappa shape index (κ2) is 6.52. The minimum absolute atomic E-state index is 0.0157. The Hall–Kier alpha value is -0.620. The Labute approximate surface area is 109 Å². The van der Waals surface area contributed by atoms with Crippen LogP contribution in [0.3, 0.4) is 0 Å². The average molecular weight is 277 g/mol. The highest BCUT2D eigenvalue weighted by atomic mass is 32.2. The van der Waals surface area contributed by atoms with Crippen molar-refractivity contribution >= 4 is 15.8 Å². The van der Waals surface area contributed by atoms with Crippen LogP contribution >= 0.6 is 0 Å². The van der Waals surface area contributed by atoms with Crippen LogP contribution in [-0.4, -0.2) is 55.0 Å². The second-order valence-electron chi connectivity index (χ2n) is 5.25. The lowest BCUT2D eigenvalue weighted by Crippen LogP contribution is -2.50. The average Bonchev–Trinajstić information content (AvgIpc) is 2.21.